The van der Waals surface area contributed by atoms with Crippen molar-refractivity contribution >= 4 is 22.4 Å². The van der Waals surface area contributed by atoms with Crippen molar-refractivity contribution in [2.75, 3.05) is 0 Å². The molecule has 0 unspecified atom stereocenters. The Morgan fingerprint density at radius 1 is 1.25 bits per heavy atom. The number of nitro groups is 1. The second-order valence-electron chi connectivity index (χ2n) is 4.31. The lowest BCUT2D eigenvalue weighted by Crippen LogP contribution is -2.08. The Bertz CT molecular complexity index is 787. The van der Waals surface area contributed by atoms with Gasteiger partial charge in [0, 0.05) is 12.3 Å². The molecule has 2 heterocycles. The lowest BCUT2D eigenvalue weighted by atomic mass is 10.2. The number of benzene rings is 1. The van der Waals surface area contributed by atoms with Gasteiger partial charge in [-0.1, -0.05) is 6.07 Å². The number of Topliss-reactive ketones (excluding diaryl/α,β-unsaturated/α-hetero) is 1. The van der Waals surface area contributed by atoms with Crippen molar-refractivity contribution in [1.29, 1.82) is 0 Å². The number of carbonyl (C=O) groups is 1. The number of non-ortho nitro benzene ring substituents is 1. The molecule has 100 valence electrons. The molecule has 0 saturated heterocycles. The number of carbonyl (C=O) groups excluding carboxylic acids is 1. The van der Waals surface area contributed by atoms with Gasteiger partial charge in [0.25, 0.3) is 5.69 Å². The van der Waals surface area contributed by atoms with E-state index in [0.29, 0.717) is 10.9 Å². The molecule has 0 saturated carbocycles. The molecule has 0 N–H and O–H groups in total. The van der Waals surface area contributed by atoms with Crippen molar-refractivity contribution < 1.29 is 14.1 Å². The minimum atomic E-state index is -0.430. The predicted molar refractivity (Wildman–Crippen MR) is 71.6 cm³/mol. The molecular formula is C14H10N2O4. The fraction of sp³-hybridized carbons (Fsp3) is 0.0714. The number of hydrogen-bond acceptors (Lipinski definition) is 4. The third-order valence-corrected chi connectivity index (χ3v) is 3.10. The molecule has 0 aliphatic carbocycles. The molecule has 3 rings (SSSR count). The third kappa shape index (κ3) is 1.97. The Hall–Kier alpha value is -2.89. The molecule has 0 spiro atoms. The van der Waals surface area contributed by atoms with E-state index in [2.05, 4.69) is 0 Å². The number of rotatable bonds is 4. The number of nitro benzene ring substituents is 1. The van der Waals surface area contributed by atoms with Gasteiger partial charge in [-0.2, -0.15) is 0 Å². The lowest BCUT2D eigenvalue weighted by Gasteiger charge is -2.03. The van der Waals surface area contributed by atoms with Crippen LogP contribution >= 0.6 is 0 Å². The van der Waals surface area contributed by atoms with Gasteiger partial charge in [-0.3, -0.25) is 14.9 Å². The van der Waals surface area contributed by atoms with E-state index in [1.165, 1.54) is 12.3 Å². The van der Waals surface area contributed by atoms with Gasteiger partial charge < -0.3 is 8.98 Å². The van der Waals surface area contributed by atoms with Crippen LogP contribution in [0.3, 0.4) is 0 Å². The third-order valence-electron chi connectivity index (χ3n) is 3.10. The van der Waals surface area contributed by atoms with Gasteiger partial charge in [0.2, 0.25) is 5.78 Å². The van der Waals surface area contributed by atoms with E-state index >= 15 is 0 Å². The smallest absolute Gasteiger partial charge is 0.278 e. The normalized spacial score (nSPS) is 10.8. The van der Waals surface area contributed by atoms with Gasteiger partial charge >= 0.3 is 0 Å². The monoisotopic (exact) mass is 270 g/mol. The zero-order valence-electron chi connectivity index (χ0n) is 10.4. The fourth-order valence-electron chi connectivity index (χ4n) is 2.17. The molecule has 1 aromatic carbocycles. The minimum absolute atomic E-state index is 0.0340. The summed E-state index contributed by atoms with van der Waals surface area (Å²) in [5.41, 5.74) is 0.686. The molecule has 6 heteroatoms. The maximum atomic E-state index is 12.0. The molecule has 2 aromatic heterocycles. The number of fused-ring (bicyclic) bond motifs is 1. The summed E-state index contributed by atoms with van der Waals surface area (Å²) < 4.78 is 6.72. The number of nitrogens with zero attached hydrogens (tertiary/aromatic N) is 2. The van der Waals surface area contributed by atoms with Crippen LogP contribution in [0.25, 0.3) is 10.9 Å². The lowest BCUT2D eigenvalue weighted by molar-refractivity contribution is -0.383. The Balaban J connectivity index is 1.99. The number of ketones is 1. The van der Waals surface area contributed by atoms with E-state index in [0.717, 1.165) is 0 Å². The molecule has 0 aliphatic rings. The molecule has 0 atom stereocenters. The van der Waals surface area contributed by atoms with E-state index in [-0.39, 0.29) is 23.8 Å². The second-order valence-corrected chi connectivity index (χ2v) is 4.31. The van der Waals surface area contributed by atoms with Crippen LogP contribution in [0.1, 0.15) is 10.6 Å². The van der Waals surface area contributed by atoms with Crippen molar-refractivity contribution in [3.8, 4) is 0 Å². The van der Waals surface area contributed by atoms with Gasteiger partial charge in [-0.15, -0.1) is 0 Å². The Morgan fingerprint density at radius 2 is 2.10 bits per heavy atom. The minimum Gasteiger partial charge on any atom is -0.461 e. The SMILES string of the molecule is O=C(Cn1ccc2c([N+](=O)[O-])cccc21)c1ccco1. The molecule has 0 amide bonds. The molecule has 20 heavy (non-hydrogen) atoms. The van der Waals surface area contributed by atoms with Crippen LogP contribution in [-0.2, 0) is 6.54 Å². The van der Waals surface area contributed by atoms with Crippen LogP contribution in [0.15, 0.2) is 53.3 Å². The van der Waals surface area contributed by atoms with Crippen LogP contribution in [0.4, 0.5) is 5.69 Å². The van der Waals surface area contributed by atoms with Crippen LogP contribution in [0, 0.1) is 10.1 Å². The molecule has 6 nitrogen and oxygen atoms in total. The van der Waals surface area contributed by atoms with Crippen molar-refractivity contribution in [3.63, 3.8) is 0 Å². The average Bonchev–Trinajstić information content (AvgIpc) is 3.08. The van der Waals surface area contributed by atoms with Gasteiger partial charge in [0.05, 0.1) is 28.6 Å². The van der Waals surface area contributed by atoms with E-state index in [1.54, 1.807) is 41.1 Å². The molecule has 0 bridgehead atoms. The molecule has 3 aromatic rings. The van der Waals surface area contributed by atoms with Crippen LogP contribution in [0.2, 0.25) is 0 Å². The average molecular weight is 270 g/mol. The molecular weight excluding hydrogens is 260 g/mol. The largest absolute Gasteiger partial charge is 0.461 e. The molecule has 0 radical (unpaired) electrons. The first-order valence-corrected chi connectivity index (χ1v) is 5.96. The first-order chi connectivity index (χ1) is 9.66. The number of hydrogen-bond donors (Lipinski definition) is 0. The van der Waals surface area contributed by atoms with Crippen LogP contribution < -0.4 is 0 Å². The molecule has 0 fully saturated rings. The highest BCUT2D eigenvalue weighted by Gasteiger charge is 2.16. The summed E-state index contributed by atoms with van der Waals surface area (Å²) in [6.45, 7) is 0.0815. The topological polar surface area (TPSA) is 78.3 Å². The zero-order chi connectivity index (χ0) is 14.1. The number of furan rings is 1. The van der Waals surface area contributed by atoms with E-state index in [1.807, 2.05) is 0 Å². The van der Waals surface area contributed by atoms with E-state index < -0.39 is 4.92 Å². The summed E-state index contributed by atoms with van der Waals surface area (Å²) in [6.07, 6.45) is 3.10. The molecule has 0 aliphatic heterocycles. The Labute approximate surface area is 113 Å². The summed E-state index contributed by atoms with van der Waals surface area (Å²) in [4.78, 5) is 22.5. The predicted octanol–water partition coefficient (Wildman–Crippen LogP) is 3.03. The van der Waals surface area contributed by atoms with E-state index in [4.69, 9.17) is 4.42 Å². The van der Waals surface area contributed by atoms with Crippen LogP contribution in [0.5, 0.6) is 0 Å². The fourth-order valence-corrected chi connectivity index (χ4v) is 2.17. The maximum Gasteiger partial charge on any atom is 0.278 e. The highest BCUT2D eigenvalue weighted by atomic mass is 16.6. The highest BCUT2D eigenvalue weighted by molar-refractivity contribution is 5.95. The zero-order valence-corrected chi connectivity index (χ0v) is 10.4. The summed E-state index contributed by atoms with van der Waals surface area (Å²) in [5.74, 6) is 0.0938. The standard InChI is InChI=1S/C14H10N2O4/c17-13(14-5-2-8-20-14)9-15-7-6-10-11(15)3-1-4-12(10)16(18)19/h1-8H,9H2. The first-order valence-electron chi connectivity index (χ1n) is 5.96. The van der Waals surface area contributed by atoms with E-state index in [9.17, 15) is 14.9 Å². The van der Waals surface area contributed by atoms with Gasteiger partial charge in [0.1, 0.15) is 0 Å². The van der Waals surface area contributed by atoms with Crippen molar-refractivity contribution in [1.82, 2.24) is 4.57 Å². The second kappa shape index (κ2) is 4.65. The summed E-state index contributed by atoms with van der Waals surface area (Å²) >= 11 is 0. The summed E-state index contributed by atoms with van der Waals surface area (Å²) in [5, 5.41) is 11.5. The summed E-state index contributed by atoms with van der Waals surface area (Å²) in [7, 11) is 0. The van der Waals surface area contributed by atoms with Gasteiger partial charge in [0.15, 0.2) is 5.76 Å². The number of aromatic nitrogens is 1. The Morgan fingerprint density at radius 3 is 2.80 bits per heavy atom. The maximum absolute atomic E-state index is 12.0. The van der Waals surface area contributed by atoms with Gasteiger partial charge in [-0.25, -0.2) is 0 Å². The quantitative estimate of drug-likeness (QED) is 0.414. The summed E-state index contributed by atoms with van der Waals surface area (Å²) in [6, 6.07) is 9.68. The highest BCUT2D eigenvalue weighted by Crippen LogP contribution is 2.26. The van der Waals surface area contributed by atoms with Crippen molar-refractivity contribution in [2.24, 2.45) is 0 Å². The first kappa shape index (κ1) is 12.2. The van der Waals surface area contributed by atoms with Gasteiger partial charge in [-0.05, 0) is 24.3 Å². The Kier molecular flexibility index (Phi) is 2.83. The van der Waals surface area contributed by atoms with Crippen molar-refractivity contribution in [3.05, 3.63) is 64.7 Å². The van der Waals surface area contributed by atoms with Crippen LogP contribution in [-0.4, -0.2) is 15.3 Å². The van der Waals surface area contributed by atoms with Crippen molar-refractivity contribution in [2.45, 2.75) is 6.54 Å².